The van der Waals surface area contributed by atoms with Gasteiger partial charge in [-0.2, -0.15) is 0 Å². The van der Waals surface area contributed by atoms with Crippen molar-refractivity contribution in [3.05, 3.63) is 28.0 Å². The molecule has 0 saturated carbocycles. The molecule has 96 valence electrons. The van der Waals surface area contributed by atoms with Crippen molar-refractivity contribution < 1.29 is 14.7 Å². The van der Waals surface area contributed by atoms with Crippen LogP contribution in [-0.4, -0.2) is 40.0 Å². The van der Waals surface area contributed by atoms with E-state index in [9.17, 15) is 9.59 Å². The van der Waals surface area contributed by atoms with Crippen LogP contribution in [-0.2, 0) is 4.79 Å². The molecule has 0 aliphatic carbocycles. The first-order chi connectivity index (χ1) is 8.47. The zero-order valence-electron chi connectivity index (χ0n) is 9.27. The summed E-state index contributed by atoms with van der Waals surface area (Å²) in [5, 5.41) is 8.99. The number of carboxylic acid groups (broad SMARTS) is 1. The molecule has 18 heavy (non-hydrogen) atoms. The first-order valence-electron chi connectivity index (χ1n) is 5.29. The van der Waals surface area contributed by atoms with Gasteiger partial charge in [-0.25, -0.2) is 4.98 Å². The Balaban J connectivity index is 1.97. The fourth-order valence-electron chi connectivity index (χ4n) is 1.83. The largest absolute Gasteiger partial charge is 0.481 e. The van der Waals surface area contributed by atoms with Crippen LogP contribution in [0, 0.1) is 5.92 Å². The van der Waals surface area contributed by atoms with Crippen molar-refractivity contribution in [2.75, 3.05) is 13.1 Å². The van der Waals surface area contributed by atoms with E-state index in [-0.39, 0.29) is 28.4 Å². The summed E-state index contributed by atoms with van der Waals surface area (Å²) in [6.07, 6.45) is 1.45. The van der Waals surface area contributed by atoms with Gasteiger partial charge in [0.1, 0.15) is 5.15 Å². The van der Waals surface area contributed by atoms with Crippen molar-refractivity contribution in [1.82, 2.24) is 9.88 Å². The lowest BCUT2D eigenvalue weighted by molar-refractivity contribution is -0.139. The van der Waals surface area contributed by atoms with E-state index in [1.165, 1.54) is 12.3 Å². The number of hydrogen-bond acceptors (Lipinski definition) is 3. The van der Waals surface area contributed by atoms with Crippen LogP contribution in [0.3, 0.4) is 0 Å². The van der Waals surface area contributed by atoms with Gasteiger partial charge in [-0.05, 0) is 6.07 Å². The molecular weight excluding hydrogens is 279 g/mol. The molecule has 1 aliphatic heterocycles. The van der Waals surface area contributed by atoms with Gasteiger partial charge < -0.3 is 10.0 Å². The SMILES string of the molecule is O=C(O)CC1CN(C(=O)c2cnc(Cl)c(Cl)c2)C1. The van der Waals surface area contributed by atoms with Crippen LogP contribution >= 0.6 is 23.2 Å². The summed E-state index contributed by atoms with van der Waals surface area (Å²) in [7, 11) is 0. The van der Waals surface area contributed by atoms with Gasteiger partial charge in [0, 0.05) is 25.2 Å². The quantitative estimate of drug-likeness (QED) is 0.863. The van der Waals surface area contributed by atoms with Crippen LogP contribution in [0.15, 0.2) is 12.3 Å². The molecule has 1 aliphatic rings. The second kappa shape index (κ2) is 5.12. The van der Waals surface area contributed by atoms with E-state index >= 15 is 0 Å². The molecule has 2 rings (SSSR count). The lowest BCUT2D eigenvalue weighted by Gasteiger charge is -2.38. The van der Waals surface area contributed by atoms with Crippen LogP contribution in [0.5, 0.6) is 0 Å². The number of carbonyl (C=O) groups is 2. The minimum absolute atomic E-state index is 0.0298. The number of aliphatic carboxylic acids is 1. The van der Waals surface area contributed by atoms with E-state index in [1.807, 2.05) is 0 Å². The Morgan fingerprint density at radius 1 is 1.44 bits per heavy atom. The van der Waals surface area contributed by atoms with Gasteiger partial charge in [-0.1, -0.05) is 23.2 Å². The number of carboxylic acids is 1. The van der Waals surface area contributed by atoms with Crippen molar-refractivity contribution in [2.45, 2.75) is 6.42 Å². The topological polar surface area (TPSA) is 70.5 Å². The van der Waals surface area contributed by atoms with Gasteiger partial charge >= 0.3 is 5.97 Å². The summed E-state index contributed by atoms with van der Waals surface area (Å²) in [6.45, 7) is 0.900. The number of nitrogens with zero attached hydrogens (tertiary/aromatic N) is 2. The molecule has 0 atom stereocenters. The van der Waals surface area contributed by atoms with Gasteiger partial charge in [-0.15, -0.1) is 0 Å². The van der Waals surface area contributed by atoms with Gasteiger partial charge in [-0.3, -0.25) is 9.59 Å². The van der Waals surface area contributed by atoms with E-state index in [2.05, 4.69) is 4.98 Å². The van der Waals surface area contributed by atoms with Crippen LogP contribution < -0.4 is 0 Å². The minimum Gasteiger partial charge on any atom is -0.481 e. The lowest BCUT2D eigenvalue weighted by Crippen LogP contribution is -2.50. The van der Waals surface area contributed by atoms with E-state index in [1.54, 1.807) is 4.90 Å². The summed E-state index contributed by atoms with van der Waals surface area (Å²) in [5.74, 6) is -1.02. The molecular formula is C11H10Cl2N2O3. The normalized spacial score (nSPS) is 15.3. The number of halogens is 2. The van der Waals surface area contributed by atoms with Crippen molar-refractivity contribution >= 4 is 35.1 Å². The molecule has 1 saturated heterocycles. The Bertz CT molecular complexity index is 501. The molecule has 2 heterocycles. The number of carbonyl (C=O) groups excluding carboxylic acids is 1. The third kappa shape index (κ3) is 2.73. The van der Waals surface area contributed by atoms with Crippen LogP contribution in [0.1, 0.15) is 16.8 Å². The number of amides is 1. The standard InChI is InChI=1S/C11H10Cl2N2O3/c12-8-2-7(3-14-10(8)13)11(18)15-4-6(5-15)1-9(16)17/h2-3,6H,1,4-5H2,(H,16,17). The molecule has 1 fully saturated rings. The summed E-state index contributed by atoms with van der Waals surface area (Å²) in [5.41, 5.74) is 0.359. The Morgan fingerprint density at radius 2 is 2.11 bits per heavy atom. The van der Waals surface area contributed by atoms with Gasteiger partial charge in [0.05, 0.1) is 17.0 Å². The molecule has 7 heteroatoms. The number of aromatic nitrogens is 1. The minimum atomic E-state index is -0.844. The zero-order chi connectivity index (χ0) is 13.3. The lowest BCUT2D eigenvalue weighted by atomic mass is 9.95. The van der Waals surface area contributed by atoms with Gasteiger partial charge in [0.25, 0.3) is 5.91 Å². The fraction of sp³-hybridized carbons (Fsp3) is 0.364. The molecule has 1 aromatic rings. The van der Waals surface area contributed by atoms with Crippen LogP contribution in [0.25, 0.3) is 0 Å². The summed E-state index contributed by atoms with van der Waals surface area (Å²) in [6, 6.07) is 1.46. The van der Waals surface area contributed by atoms with Crippen molar-refractivity contribution in [2.24, 2.45) is 5.92 Å². The maximum Gasteiger partial charge on any atom is 0.303 e. The van der Waals surface area contributed by atoms with Gasteiger partial charge in [0.15, 0.2) is 0 Å². The summed E-state index contributed by atoms with van der Waals surface area (Å²) in [4.78, 5) is 27.8. The molecule has 5 nitrogen and oxygen atoms in total. The van der Waals surface area contributed by atoms with Crippen LogP contribution in [0.2, 0.25) is 10.2 Å². The van der Waals surface area contributed by atoms with E-state index in [0.717, 1.165) is 0 Å². The molecule has 0 aromatic carbocycles. The third-order valence-corrected chi connectivity index (χ3v) is 3.44. The van der Waals surface area contributed by atoms with E-state index < -0.39 is 5.97 Å². The maximum absolute atomic E-state index is 12.0. The van der Waals surface area contributed by atoms with E-state index in [0.29, 0.717) is 18.7 Å². The number of rotatable bonds is 3. The molecule has 1 aromatic heterocycles. The molecule has 1 N–H and O–H groups in total. The third-order valence-electron chi connectivity index (χ3n) is 2.75. The summed E-state index contributed by atoms with van der Waals surface area (Å²) < 4.78 is 0. The Labute approximate surface area is 113 Å². The highest BCUT2D eigenvalue weighted by Crippen LogP contribution is 2.24. The molecule has 0 bridgehead atoms. The van der Waals surface area contributed by atoms with Crippen molar-refractivity contribution in [3.63, 3.8) is 0 Å². The predicted octanol–water partition coefficient (Wildman–Crippen LogP) is 1.94. The first-order valence-corrected chi connectivity index (χ1v) is 6.05. The zero-order valence-corrected chi connectivity index (χ0v) is 10.8. The average Bonchev–Trinajstić information content (AvgIpc) is 2.25. The number of hydrogen-bond donors (Lipinski definition) is 1. The Kier molecular flexibility index (Phi) is 3.73. The Hall–Kier alpha value is -1.33. The predicted molar refractivity (Wildman–Crippen MR) is 65.9 cm³/mol. The number of pyridine rings is 1. The highest BCUT2D eigenvalue weighted by atomic mass is 35.5. The first kappa shape index (κ1) is 13.1. The average molecular weight is 289 g/mol. The van der Waals surface area contributed by atoms with E-state index in [4.69, 9.17) is 28.3 Å². The smallest absolute Gasteiger partial charge is 0.303 e. The highest BCUT2D eigenvalue weighted by Gasteiger charge is 2.32. The molecule has 0 unspecified atom stereocenters. The van der Waals surface area contributed by atoms with Crippen molar-refractivity contribution in [3.8, 4) is 0 Å². The monoisotopic (exact) mass is 288 g/mol. The van der Waals surface area contributed by atoms with Gasteiger partial charge in [0.2, 0.25) is 0 Å². The van der Waals surface area contributed by atoms with Crippen molar-refractivity contribution in [1.29, 1.82) is 0 Å². The molecule has 1 amide bonds. The molecule has 0 spiro atoms. The number of likely N-dealkylation sites (tertiary alicyclic amines) is 1. The maximum atomic E-state index is 12.0. The fourth-order valence-corrected chi connectivity index (χ4v) is 2.10. The highest BCUT2D eigenvalue weighted by molar-refractivity contribution is 6.41. The summed E-state index contributed by atoms with van der Waals surface area (Å²) >= 11 is 11.4. The second-order valence-corrected chi connectivity index (χ2v) is 4.94. The van der Waals surface area contributed by atoms with Crippen LogP contribution in [0.4, 0.5) is 0 Å². The Morgan fingerprint density at radius 3 is 2.67 bits per heavy atom. The second-order valence-electron chi connectivity index (χ2n) is 4.17. The molecule has 0 radical (unpaired) electrons.